The van der Waals surface area contributed by atoms with Gasteiger partial charge in [-0.05, 0) is 66.8 Å². The SMILES string of the molecule is O=C(NCC(O)C(=O)O)c1ccc(CC2=C(C3CCCCC3)N(c3ccc(OC(F)(F)F)cc3)NC2)cc1. The average molecular weight is 534 g/mol. The van der Waals surface area contributed by atoms with E-state index in [1.165, 1.54) is 24.1 Å². The summed E-state index contributed by atoms with van der Waals surface area (Å²) < 4.78 is 41.7. The molecule has 1 aliphatic heterocycles. The molecule has 1 fully saturated rings. The Morgan fingerprint density at radius 3 is 2.32 bits per heavy atom. The minimum absolute atomic E-state index is 0.273. The van der Waals surface area contributed by atoms with E-state index in [2.05, 4.69) is 15.5 Å². The Balaban J connectivity index is 1.51. The van der Waals surface area contributed by atoms with Gasteiger partial charge in [0, 0.05) is 23.7 Å². The molecule has 4 rings (SSSR count). The number of hydrogen-bond donors (Lipinski definition) is 4. The monoisotopic (exact) mass is 533 g/mol. The second kappa shape index (κ2) is 11.9. The molecule has 1 atom stereocenters. The van der Waals surface area contributed by atoms with E-state index in [1.54, 1.807) is 24.3 Å². The van der Waals surface area contributed by atoms with Crippen LogP contribution < -0.4 is 20.5 Å². The molecule has 1 heterocycles. The van der Waals surface area contributed by atoms with Crippen molar-refractivity contribution in [3.63, 3.8) is 0 Å². The molecule has 2 aromatic carbocycles. The minimum Gasteiger partial charge on any atom is -0.479 e. The number of anilines is 1. The molecule has 0 spiro atoms. The van der Waals surface area contributed by atoms with Crippen LogP contribution in [0.5, 0.6) is 5.75 Å². The number of halogens is 3. The molecule has 204 valence electrons. The number of carbonyl (C=O) groups excluding carboxylic acids is 1. The van der Waals surface area contributed by atoms with Gasteiger partial charge in [0.25, 0.3) is 5.91 Å². The summed E-state index contributed by atoms with van der Waals surface area (Å²) in [5, 5.41) is 22.4. The second-order valence-electron chi connectivity index (χ2n) is 9.47. The third-order valence-corrected chi connectivity index (χ3v) is 6.75. The van der Waals surface area contributed by atoms with Crippen LogP contribution in [0.4, 0.5) is 18.9 Å². The number of carboxylic acid groups (broad SMARTS) is 1. The number of alkyl halides is 3. The smallest absolute Gasteiger partial charge is 0.479 e. The highest BCUT2D eigenvalue weighted by Gasteiger charge is 2.33. The molecule has 0 saturated heterocycles. The minimum atomic E-state index is -4.75. The van der Waals surface area contributed by atoms with Gasteiger partial charge in [0.15, 0.2) is 6.10 Å². The van der Waals surface area contributed by atoms with Gasteiger partial charge in [-0.25, -0.2) is 10.2 Å². The summed E-state index contributed by atoms with van der Waals surface area (Å²) >= 11 is 0. The van der Waals surface area contributed by atoms with Gasteiger partial charge < -0.3 is 20.3 Å². The van der Waals surface area contributed by atoms with E-state index in [0.717, 1.165) is 42.6 Å². The number of allylic oxidation sites excluding steroid dienone is 1. The van der Waals surface area contributed by atoms with Crippen molar-refractivity contribution in [1.29, 1.82) is 0 Å². The van der Waals surface area contributed by atoms with Crippen molar-refractivity contribution in [2.75, 3.05) is 18.1 Å². The van der Waals surface area contributed by atoms with Gasteiger partial charge in [0.05, 0.1) is 12.2 Å². The molecule has 11 heteroatoms. The quantitative estimate of drug-likeness (QED) is 0.383. The summed E-state index contributed by atoms with van der Waals surface area (Å²) in [5.74, 6) is -1.84. The molecule has 1 aliphatic carbocycles. The molecular weight excluding hydrogens is 503 g/mol. The number of aliphatic hydroxyl groups excluding tert-OH is 1. The van der Waals surface area contributed by atoms with E-state index < -0.39 is 30.9 Å². The Bertz CT molecular complexity index is 1160. The number of aliphatic hydroxyl groups is 1. The van der Waals surface area contributed by atoms with Gasteiger partial charge in [0.2, 0.25) is 0 Å². The number of nitrogens with one attached hydrogen (secondary N) is 2. The largest absolute Gasteiger partial charge is 0.573 e. The summed E-state index contributed by atoms with van der Waals surface area (Å²) in [6, 6.07) is 12.8. The summed E-state index contributed by atoms with van der Waals surface area (Å²) in [5.41, 5.74) is 7.75. The second-order valence-corrected chi connectivity index (χ2v) is 9.47. The molecule has 1 saturated carbocycles. The number of amides is 1. The van der Waals surface area contributed by atoms with Crippen LogP contribution in [0.15, 0.2) is 59.8 Å². The third kappa shape index (κ3) is 7.05. The molecule has 0 radical (unpaired) electrons. The Morgan fingerprint density at radius 2 is 1.71 bits per heavy atom. The van der Waals surface area contributed by atoms with Crippen molar-refractivity contribution in [2.24, 2.45) is 5.92 Å². The molecule has 1 amide bonds. The highest BCUT2D eigenvalue weighted by Crippen LogP contribution is 2.38. The fourth-order valence-electron chi connectivity index (χ4n) is 4.94. The van der Waals surface area contributed by atoms with Crippen LogP contribution >= 0.6 is 0 Å². The molecule has 38 heavy (non-hydrogen) atoms. The Morgan fingerprint density at radius 1 is 1.05 bits per heavy atom. The summed E-state index contributed by atoms with van der Waals surface area (Å²) in [7, 11) is 0. The average Bonchev–Trinajstić information content (AvgIpc) is 3.30. The first-order valence-corrected chi connectivity index (χ1v) is 12.5. The zero-order valence-electron chi connectivity index (χ0n) is 20.6. The van der Waals surface area contributed by atoms with Gasteiger partial charge in [-0.2, -0.15) is 0 Å². The lowest BCUT2D eigenvalue weighted by Crippen LogP contribution is -2.36. The van der Waals surface area contributed by atoms with Crippen LogP contribution in [-0.4, -0.2) is 47.6 Å². The van der Waals surface area contributed by atoms with Crippen LogP contribution in [0, 0.1) is 5.92 Å². The Kier molecular flexibility index (Phi) is 8.58. The van der Waals surface area contributed by atoms with Crippen molar-refractivity contribution in [1.82, 2.24) is 10.7 Å². The van der Waals surface area contributed by atoms with Crippen molar-refractivity contribution in [3.05, 3.63) is 70.9 Å². The maximum atomic E-state index is 12.6. The van der Waals surface area contributed by atoms with Crippen LogP contribution in [0.3, 0.4) is 0 Å². The Labute approximate surface area is 218 Å². The molecule has 0 bridgehead atoms. The number of rotatable bonds is 9. The lowest BCUT2D eigenvalue weighted by Gasteiger charge is -2.31. The van der Waals surface area contributed by atoms with Gasteiger partial charge in [-0.15, -0.1) is 13.2 Å². The Hall–Kier alpha value is -3.57. The first kappa shape index (κ1) is 27.5. The number of hydrazine groups is 1. The van der Waals surface area contributed by atoms with Crippen LogP contribution in [0.25, 0.3) is 0 Å². The lowest BCUT2D eigenvalue weighted by molar-refractivity contribution is -0.274. The normalized spacial score (nSPS) is 17.4. The standard InChI is InChI=1S/C27H30F3N3O5/c28-27(29,30)38-22-12-10-21(11-13-22)33-24(18-4-2-1-3-5-18)20(15-32-33)14-17-6-8-19(9-7-17)25(35)31-16-23(34)26(36)37/h6-13,18,23,32,34H,1-5,14-16H2,(H,31,35)(H,36,37). The van der Waals surface area contributed by atoms with E-state index >= 15 is 0 Å². The maximum absolute atomic E-state index is 12.6. The highest BCUT2D eigenvalue weighted by atomic mass is 19.4. The first-order valence-electron chi connectivity index (χ1n) is 12.5. The van der Waals surface area contributed by atoms with E-state index in [4.69, 9.17) is 5.11 Å². The zero-order valence-corrected chi connectivity index (χ0v) is 20.6. The van der Waals surface area contributed by atoms with E-state index in [1.807, 2.05) is 17.1 Å². The first-order chi connectivity index (χ1) is 18.1. The molecule has 8 nitrogen and oxygen atoms in total. The van der Waals surface area contributed by atoms with Crippen molar-refractivity contribution >= 4 is 17.6 Å². The lowest BCUT2D eigenvalue weighted by atomic mass is 9.84. The fourth-order valence-corrected chi connectivity index (χ4v) is 4.94. The maximum Gasteiger partial charge on any atom is 0.573 e. The van der Waals surface area contributed by atoms with Gasteiger partial charge in [0.1, 0.15) is 5.75 Å². The predicted octanol–water partition coefficient (Wildman–Crippen LogP) is 4.16. The van der Waals surface area contributed by atoms with Crippen LogP contribution in [-0.2, 0) is 11.2 Å². The van der Waals surface area contributed by atoms with Gasteiger partial charge in [-0.3, -0.25) is 9.80 Å². The van der Waals surface area contributed by atoms with Gasteiger partial charge in [-0.1, -0.05) is 31.4 Å². The predicted molar refractivity (Wildman–Crippen MR) is 133 cm³/mol. The molecular formula is C27H30F3N3O5. The number of aliphatic carboxylic acids is 1. The topological polar surface area (TPSA) is 111 Å². The molecule has 1 unspecified atom stereocenters. The third-order valence-electron chi connectivity index (χ3n) is 6.75. The van der Waals surface area contributed by atoms with Gasteiger partial charge >= 0.3 is 12.3 Å². The molecule has 0 aromatic heterocycles. The summed E-state index contributed by atoms with van der Waals surface area (Å²) in [6.45, 7) is 0.195. The number of carboxylic acids is 1. The van der Waals surface area contributed by atoms with Crippen molar-refractivity contribution < 1.29 is 37.7 Å². The van der Waals surface area contributed by atoms with E-state index in [-0.39, 0.29) is 5.75 Å². The highest BCUT2D eigenvalue weighted by molar-refractivity contribution is 5.94. The molecule has 4 N–H and O–H groups in total. The van der Waals surface area contributed by atoms with E-state index in [0.29, 0.717) is 24.4 Å². The number of hydrogen-bond acceptors (Lipinski definition) is 6. The molecule has 2 aromatic rings. The van der Waals surface area contributed by atoms with Crippen LogP contribution in [0.1, 0.15) is 48.0 Å². The fraction of sp³-hybridized carbons (Fsp3) is 0.407. The summed E-state index contributed by atoms with van der Waals surface area (Å²) in [6.07, 6.45) is -0.297. The number of nitrogens with zero attached hydrogens (tertiary/aromatic N) is 1. The number of carbonyl (C=O) groups is 2. The van der Waals surface area contributed by atoms with Crippen molar-refractivity contribution in [2.45, 2.75) is 51.0 Å². The number of ether oxygens (including phenoxy) is 1. The van der Waals surface area contributed by atoms with Crippen LogP contribution in [0.2, 0.25) is 0 Å². The van der Waals surface area contributed by atoms with Crippen molar-refractivity contribution in [3.8, 4) is 5.75 Å². The molecule has 2 aliphatic rings. The summed E-state index contributed by atoms with van der Waals surface area (Å²) in [4.78, 5) is 23.0. The zero-order chi connectivity index (χ0) is 27.3. The van der Waals surface area contributed by atoms with E-state index in [9.17, 15) is 27.9 Å². The number of benzene rings is 2.